The summed E-state index contributed by atoms with van der Waals surface area (Å²) in [6.07, 6.45) is 7.03. The van der Waals surface area contributed by atoms with Crippen molar-refractivity contribution in [3.8, 4) is 11.1 Å². The Bertz CT molecular complexity index is 898. The Hall–Kier alpha value is -3.00. The van der Waals surface area contributed by atoms with Gasteiger partial charge in [0, 0.05) is 31.0 Å². The van der Waals surface area contributed by atoms with Crippen molar-refractivity contribution in [2.24, 2.45) is 10.7 Å². The van der Waals surface area contributed by atoms with E-state index in [9.17, 15) is 9.90 Å². The van der Waals surface area contributed by atoms with E-state index in [1.54, 1.807) is 17.3 Å². The van der Waals surface area contributed by atoms with Crippen LogP contribution in [0.25, 0.3) is 11.1 Å². The second-order valence-electron chi connectivity index (χ2n) is 7.84. The molecule has 8 nitrogen and oxygen atoms in total. The minimum absolute atomic E-state index is 0.246. The highest BCUT2D eigenvalue weighted by molar-refractivity contribution is 6.00. The fraction of sp³-hybridized carbons (Fsp3) is 0.429. The van der Waals surface area contributed by atoms with Crippen molar-refractivity contribution in [2.75, 3.05) is 18.8 Å². The van der Waals surface area contributed by atoms with Crippen LogP contribution in [0.3, 0.4) is 0 Å². The number of hydrogen-bond acceptors (Lipinski definition) is 5. The summed E-state index contributed by atoms with van der Waals surface area (Å²) in [7, 11) is 0. The Balaban J connectivity index is 1.53. The second-order valence-corrected chi connectivity index (χ2v) is 7.84. The van der Waals surface area contributed by atoms with Gasteiger partial charge in [0.05, 0.1) is 11.5 Å². The summed E-state index contributed by atoms with van der Waals surface area (Å²) in [5.74, 6) is 0.624. The Labute approximate surface area is 169 Å². The third kappa shape index (κ3) is 3.80. The number of nitrogens with zero attached hydrogens (tertiary/aromatic N) is 4. The third-order valence-corrected chi connectivity index (χ3v) is 6.09. The number of urea groups is 1. The van der Waals surface area contributed by atoms with Crippen molar-refractivity contribution < 1.29 is 9.90 Å². The molecule has 4 rings (SSSR count). The van der Waals surface area contributed by atoms with E-state index in [2.05, 4.69) is 15.0 Å². The molecule has 29 heavy (non-hydrogen) atoms. The zero-order valence-corrected chi connectivity index (χ0v) is 16.3. The zero-order chi connectivity index (χ0) is 20.4. The molecule has 1 aromatic heterocycles. The standard InChI is InChI=1S/C21H26N6O2/c22-18(26-20(29)27-10-6-17(28)7-11-27)21(8-1-9-21)16-4-2-14(3-5-16)15-12-24-19(23)25-13-15/h2-5,12-13,17,28H,1,6-11H2,(H2,22,26,29)(H2,23,24,25). The number of carbonyl (C=O) groups is 1. The molecular formula is C21H26N6O2. The highest BCUT2D eigenvalue weighted by Crippen LogP contribution is 2.44. The number of hydrogen-bond donors (Lipinski definition) is 3. The second kappa shape index (κ2) is 7.79. The number of carbonyl (C=O) groups excluding carboxylic acids is 1. The summed E-state index contributed by atoms with van der Waals surface area (Å²) in [5, 5.41) is 9.62. The van der Waals surface area contributed by atoms with Crippen LogP contribution in [0.15, 0.2) is 41.7 Å². The fourth-order valence-electron chi connectivity index (χ4n) is 4.03. The maximum absolute atomic E-state index is 12.6. The van der Waals surface area contributed by atoms with Gasteiger partial charge >= 0.3 is 6.03 Å². The summed E-state index contributed by atoms with van der Waals surface area (Å²) >= 11 is 0. The van der Waals surface area contributed by atoms with Gasteiger partial charge < -0.3 is 21.5 Å². The average Bonchev–Trinajstić information content (AvgIpc) is 2.69. The normalized spacial score (nSPS) is 19.6. The zero-order valence-electron chi connectivity index (χ0n) is 16.3. The van der Waals surface area contributed by atoms with Crippen LogP contribution in [-0.2, 0) is 5.41 Å². The van der Waals surface area contributed by atoms with Crippen molar-refractivity contribution >= 4 is 17.8 Å². The number of aliphatic imine (C=N–C) groups is 1. The lowest BCUT2D eigenvalue weighted by Gasteiger charge is -2.42. The van der Waals surface area contributed by atoms with Crippen molar-refractivity contribution in [3.63, 3.8) is 0 Å². The predicted molar refractivity (Wildman–Crippen MR) is 111 cm³/mol. The number of amides is 2. The summed E-state index contributed by atoms with van der Waals surface area (Å²) in [6, 6.07) is 7.78. The van der Waals surface area contributed by atoms with E-state index >= 15 is 0 Å². The minimum Gasteiger partial charge on any atom is -0.393 e. The van der Waals surface area contributed by atoms with Crippen LogP contribution in [0.2, 0.25) is 0 Å². The van der Waals surface area contributed by atoms with Crippen LogP contribution in [0.1, 0.15) is 37.7 Å². The molecule has 1 saturated heterocycles. The van der Waals surface area contributed by atoms with Crippen molar-refractivity contribution in [1.29, 1.82) is 0 Å². The van der Waals surface area contributed by atoms with Crippen LogP contribution in [-0.4, -0.2) is 51.0 Å². The van der Waals surface area contributed by atoms with Crippen molar-refractivity contribution in [2.45, 2.75) is 43.6 Å². The molecule has 2 fully saturated rings. The monoisotopic (exact) mass is 394 g/mol. The van der Waals surface area contributed by atoms with Gasteiger partial charge in [-0.2, -0.15) is 4.99 Å². The molecule has 2 heterocycles. The van der Waals surface area contributed by atoms with E-state index in [1.807, 2.05) is 24.3 Å². The van der Waals surface area contributed by atoms with E-state index in [1.165, 1.54) is 0 Å². The SMILES string of the molecule is N/C(=N\C(=O)N1CCC(O)CC1)C1(c2ccc(-c3cnc(N)nc3)cc2)CCC1. The number of anilines is 1. The molecule has 0 bridgehead atoms. The highest BCUT2D eigenvalue weighted by atomic mass is 16.3. The van der Waals surface area contributed by atoms with Crippen LogP contribution in [0.5, 0.6) is 0 Å². The number of amidine groups is 1. The largest absolute Gasteiger partial charge is 0.393 e. The first-order chi connectivity index (χ1) is 14.0. The van der Waals surface area contributed by atoms with E-state index in [-0.39, 0.29) is 23.5 Å². The summed E-state index contributed by atoms with van der Waals surface area (Å²) in [5.41, 5.74) is 14.5. The minimum atomic E-state index is -0.388. The molecule has 1 aliphatic heterocycles. The number of piperidine rings is 1. The van der Waals surface area contributed by atoms with Gasteiger partial charge in [0.25, 0.3) is 0 Å². The number of benzene rings is 1. The predicted octanol–water partition coefficient (Wildman–Crippen LogP) is 2.08. The molecule has 2 aliphatic rings. The number of nitrogen functional groups attached to an aromatic ring is 1. The number of aliphatic hydroxyl groups excluding tert-OH is 1. The first-order valence-corrected chi connectivity index (χ1v) is 9.98. The van der Waals surface area contributed by atoms with Crippen LogP contribution in [0.4, 0.5) is 10.7 Å². The van der Waals surface area contributed by atoms with Crippen LogP contribution in [0, 0.1) is 0 Å². The molecule has 2 aromatic rings. The molecule has 0 atom stereocenters. The Kier molecular flexibility index (Phi) is 5.19. The number of aliphatic hydroxyl groups is 1. The van der Waals surface area contributed by atoms with Gasteiger partial charge in [0.2, 0.25) is 5.95 Å². The van der Waals surface area contributed by atoms with Gasteiger partial charge in [-0.25, -0.2) is 14.8 Å². The molecule has 5 N–H and O–H groups in total. The first kappa shape index (κ1) is 19.3. The van der Waals surface area contributed by atoms with Gasteiger partial charge in [-0.15, -0.1) is 0 Å². The summed E-state index contributed by atoms with van der Waals surface area (Å²) < 4.78 is 0. The molecule has 0 radical (unpaired) electrons. The maximum atomic E-state index is 12.6. The number of likely N-dealkylation sites (tertiary alicyclic amines) is 1. The van der Waals surface area contributed by atoms with Crippen LogP contribution >= 0.6 is 0 Å². The van der Waals surface area contributed by atoms with E-state index in [4.69, 9.17) is 11.5 Å². The summed E-state index contributed by atoms with van der Waals surface area (Å²) in [4.78, 5) is 26.5. The van der Waals surface area contributed by atoms with E-state index < -0.39 is 0 Å². The van der Waals surface area contributed by atoms with E-state index in [0.29, 0.717) is 31.8 Å². The highest BCUT2D eigenvalue weighted by Gasteiger charge is 2.43. The average molecular weight is 394 g/mol. The van der Waals surface area contributed by atoms with Crippen LogP contribution < -0.4 is 11.5 Å². The van der Waals surface area contributed by atoms with Crippen molar-refractivity contribution in [3.05, 3.63) is 42.2 Å². The van der Waals surface area contributed by atoms with Gasteiger partial charge in [0.1, 0.15) is 5.84 Å². The quantitative estimate of drug-likeness (QED) is 0.540. The lowest BCUT2D eigenvalue weighted by molar-refractivity contribution is 0.0962. The Morgan fingerprint density at radius 3 is 2.28 bits per heavy atom. The molecule has 1 aromatic carbocycles. The maximum Gasteiger partial charge on any atom is 0.345 e. The number of rotatable bonds is 3. The molecule has 1 aliphatic carbocycles. The van der Waals surface area contributed by atoms with Gasteiger partial charge in [-0.3, -0.25) is 0 Å². The number of aromatic nitrogens is 2. The first-order valence-electron chi connectivity index (χ1n) is 9.98. The Morgan fingerprint density at radius 1 is 1.10 bits per heavy atom. The van der Waals surface area contributed by atoms with Gasteiger partial charge in [-0.1, -0.05) is 30.7 Å². The smallest absolute Gasteiger partial charge is 0.345 e. The van der Waals surface area contributed by atoms with E-state index in [0.717, 1.165) is 36.0 Å². The number of nitrogens with two attached hydrogens (primary N) is 2. The molecule has 0 unspecified atom stereocenters. The molecule has 152 valence electrons. The topological polar surface area (TPSA) is 131 Å². The summed E-state index contributed by atoms with van der Waals surface area (Å²) in [6.45, 7) is 1.03. The lowest BCUT2D eigenvalue weighted by atomic mass is 9.63. The molecular weight excluding hydrogens is 368 g/mol. The third-order valence-electron chi connectivity index (χ3n) is 6.09. The van der Waals surface area contributed by atoms with Gasteiger partial charge in [0.15, 0.2) is 0 Å². The fourth-order valence-corrected chi connectivity index (χ4v) is 4.03. The molecule has 0 spiro atoms. The Morgan fingerprint density at radius 2 is 1.72 bits per heavy atom. The molecule has 2 amide bonds. The molecule has 8 heteroatoms. The van der Waals surface area contributed by atoms with Gasteiger partial charge in [-0.05, 0) is 36.8 Å². The van der Waals surface area contributed by atoms with Crippen molar-refractivity contribution in [1.82, 2.24) is 14.9 Å². The lowest BCUT2D eigenvalue weighted by Crippen LogP contribution is -2.48. The molecule has 1 saturated carbocycles.